The quantitative estimate of drug-likeness (QED) is 0.475. The maximum absolute atomic E-state index is 12.0. The Morgan fingerprint density at radius 2 is 1.45 bits per heavy atom. The van der Waals surface area contributed by atoms with Crippen LogP contribution in [0.15, 0.2) is 66.7 Å². The predicted octanol–water partition coefficient (Wildman–Crippen LogP) is 4.04. The zero-order chi connectivity index (χ0) is 15.9. The van der Waals surface area contributed by atoms with Gasteiger partial charge in [0.25, 0.3) is 0 Å². The van der Waals surface area contributed by atoms with E-state index in [9.17, 15) is 9.59 Å². The Bertz CT molecular complexity index is 668. The molecule has 0 unspecified atom stereocenters. The van der Waals surface area contributed by atoms with E-state index in [2.05, 4.69) is 0 Å². The molecule has 0 amide bonds. The summed E-state index contributed by atoms with van der Waals surface area (Å²) in [5.74, 6) is -0.732. The van der Waals surface area contributed by atoms with Crippen LogP contribution >= 0.6 is 0 Å². The van der Waals surface area contributed by atoms with Gasteiger partial charge in [0, 0.05) is 11.6 Å². The molecule has 0 saturated carbocycles. The number of carbonyl (C=O) groups is 2. The highest BCUT2D eigenvalue weighted by atomic mass is 16.5. The Hall–Kier alpha value is -2.68. The molecule has 112 valence electrons. The first kappa shape index (κ1) is 15.7. The fraction of sp³-hybridized carbons (Fsp3) is 0.158. The molecule has 3 heteroatoms. The van der Waals surface area contributed by atoms with Gasteiger partial charge in [0.1, 0.15) is 0 Å². The van der Waals surface area contributed by atoms with Gasteiger partial charge < -0.3 is 4.74 Å². The van der Waals surface area contributed by atoms with Crippen molar-refractivity contribution in [2.75, 3.05) is 0 Å². The number of ether oxygens (including phenoxy) is 1. The lowest BCUT2D eigenvalue weighted by atomic mass is 10.0. The molecule has 0 saturated heterocycles. The van der Waals surface area contributed by atoms with Crippen LogP contribution in [0.1, 0.15) is 24.2 Å². The van der Waals surface area contributed by atoms with Crippen LogP contribution in [-0.2, 0) is 9.53 Å². The van der Waals surface area contributed by atoms with Crippen molar-refractivity contribution in [3.05, 3.63) is 72.3 Å². The Kier molecular flexibility index (Phi) is 5.26. The molecule has 0 fully saturated rings. The molecule has 3 nitrogen and oxygen atoms in total. The molecule has 0 aliphatic rings. The third kappa shape index (κ3) is 4.42. The van der Waals surface area contributed by atoms with Crippen LogP contribution in [0.2, 0.25) is 0 Å². The lowest BCUT2D eigenvalue weighted by molar-refractivity contribution is -0.141. The van der Waals surface area contributed by atoms with Crippen LogP contribution in [0.4, 0.5) is 0 Å². The molecule has 2 aromatic carbocycles. The summed E-state index contributed by atoms with van der Waals surface area (Å²) >= 11 is 0. The van der Waals surface area contributed by atoms with Crippen molar-refractivity contribution in [1.29, 1.82) is 0 Å². The normalized spacial score (nSPS) is 10.9. The van der Waals surface area contributed by atoms with Gasteiger partial charge in [-0.05, 0) is 31.1 Å². The molecule has 0 atom stereocenters. The number of benzene rings is 2. The van der Waals surface area contributed by atoms with Crippen LogP contribution in [-0.4, -0.2) is 17.9 Å². The van der Waals surface area contributed by atoms with Crippen molar-refractivity contribution in [3.8, 4) is 11.1 Å². The largest absolute Gasteiger partial charge is 0.460 e. The minimum absolute atomic E-state index is 0.197. The molecule has 0 bridgehead atoms. The first-order valence-electron chi connectivity index (χ1n) is 7.15. The highest BCUT2D eigenvalue weighted by Crippen LogP contribution is 2.19. The van der Waals surface area contributed by atoms with E-state index in [0.717, 1.165) is 17.2 Å². The monoisotopic (exact) mass is 294 g/mol. The first-order chi connectivity index (χ1) is 10.6. The van der Waals surface area contributed by atoms with Crippen molar-refractivity contribution in [3.63, 3.8) is 0 Å². The molecule has 0 radical (unpaired) electrons. The van der Waals surface area contributed by atoms with Crippen molar-refractivity contribution in [2.45, 2.75) is 20.0 Å². The van der Waals surface area contributed by atoms with E-state index in [4.69, 9.17) is 4.74 Å². The van der Waals surface area contributed by atoms with E-state index in [1.165, 1.54) is 6.08 Å². The van der Waals surface area contributed by atoms with Gasteiger partial charge in [0.15, 0.2) is 5.78 Å². The Labute approximate surface area is 130 Å². The number of carbonyl (C=O) groups excluding carboxylic acids is 2. The molecular weight excluding hydrogens is 276 g/mol. The molecule has 0 aromatic heterocycles. The number of hydrogen-bond donors (Lipinski definition) is 0. The topological polar surface area (TPSA) is 43.4 Å². The van der Waals surface area contributed by atoms with E-state index in [1.807, 2.05) is 42.5 Å². The molecule has 0 spiro atoms. The second-order valence-corrected chi connectivity index (χ2v) is 5.13. The highest BCUT2D eigenvalue weighted by Gasteiger charge is 2.05. The molecule has 2 aromatic rings. The number of rotatable bonds is 5. The van der Waals surface area contributed by atoms with E-state index in [-0.39, 0.29) is 11.9 Å². The van der Waals surface area contributed by atoms with Crippen molar-refractivity contribution in [1.82, 2.24) is 0 Å². The van der Waals surface area contributed by atoms with E-state index < -0.39 is 5.97 Å². The van der Waals surface area contributed by atoms with Crippen molar-refractivity contribution >= 4 is 11.8 Å². The summed E-state index contributed by atoms with van der Waals surface area (Å²) in [6.45, 7) is 3.52. The molecule has 22 heavy (non-hydrogen) atoms. The average molecular weight is 294 g/mol. The van der Waals surface area contributed by atoms with Gasteiger partial charge in [-0.25, -0.2) is 4.79 Å². The van der Waals surface area contributed by atoms with Crippen LogP contribution in [0.5, 0.6) is 0 Å². The Balaban J connectivity index is 2.06. The fourth-order valence-corrected chi connectivity index (χ4v) is 1.97. The summed E-state index contributed by atoms with van der Waals surface area (Å²) < 4.78 is 4.94. The smallest absolute Gasteiger partial charge is 0.331 e. The van der Waals surface area contributed by atoms with Crippen LogP contribution in [0.25, 0.3) is 11.1 Å². The van der Waals surface area contributed by atoms with Gasteiger partial charge in [-0.1, -0.05) is 54.6 Å². The fourth-order valence-electron chi connectivity index (χ4n) is 1.97. The second-order valence-electron chi connectivity index (χ2n) is 5.13. The lowest BCUT2D eigenvalue weighted by Crippen LogP contribution is -2.09. The third-order valence-corrected chi connectivity index (χ3v) is 3.00. The van der Waals surface area contributed by atoms with Gasteiger partial charge in [-0.3, -0.25) is 4.79 Å². The summed E-state index contributed by atoms with van der Waals surface area (Å²) in [5, 5.41) is 0. The summed E-state index contributed by atoms with van der Waals surface area (Å²) in [7, 11) is 0. The molecule has 2 rings (SSSR count). The Morgan fingerprint density at radius 3 is 2.05 bits per heavy atom. The van der Waals surface area contributed by atoms with Crippen LogP contribution < -0.4 is 0 Å². The van der Waals surface area contributed by atoms with Gasteiger partial charge in [0.2, 0.25) is 0 Å². The molecule has 0 aliphatic carbocycles. The summed E-state index contributed by atoms with van der Waals surface area (Å²) in [5.41, 5.74) is 2.67. The zero-order valence-corrected chi connectivity index (χ0v) is 12.7. The summed E-state index contributed by atoms with van der Waals surface area (Å²) in [6, 6.07) is 17.2. The zero-order valence-electron chi connectivity index (χ0n) is 12.7. The SMILES string of the molecule is CC(C)OC(=O)/C=C/C(=O)c1ccc(-c2ccccc2)cc1. The van der Waals surface area contributed by atoms with E-state index >= 15 is 0 Å². The van der Waals surface area contributed by atoms with Crippen LogP contribution in [0.3, 0.4) is 0 Å². The maximum atomic E-state index is 12.0. The number of allylic oxidation sites excluding steroid dienone is 1. The van der Waals surface area contributed by atoms with Crippen molar-refractivity contribution in [2.24, 2.45) is 0 Å². The lowest BCUT2D eigenvalue weighted by Gasteiger charge is -2.04. The van der Waals surface area contributed by atoms with Gasteiger partial charge >= 0.3 is 5.97 Å². The van der Waals surface area contributed by atoms with E-state index in [0.29, 0.717) is 5.56 Å². The van der Waals surface area contributed by atoms with Gasteiger partial charge in [-0.2, -0.15) is 0 Å². The summed E-state index contributed by atoms with van der Waals surface area (Å²) in [4.78, 5) is 23.4. The molecular formula is C19H18O3. The summed E-state index contributed by atoms with van der Waals surface area (Å²) in [6.07, 6.45) is 2.20. The molecule has 0 N–H and O–H groups in total. The van der Waals surface area contributed by atoms with Crippen LogP contribution in [0, 0.1) is 0 Å². The van der Waals surface area contributed by atoms with Crippen molar-refractivity contribution < 1.29 is 14.3 Å². The molecule has 0 aliphatic heterocycles. The van der Waals surface area contributed by atoms with Gasteiger partial charge in [0.05, 0.1) is 6.10 Å². The average Bonchev–Trinajstić information content (AvgIpc) is 2.53. The minimum Gasteiger partial charge on any atom is -0.460 e. The highest BCUT2D eigenvalue weighted by molar-refractivity contribution is 6.07. The third-order valence-electron chi connectivity index (χ3n) is 3.00. The first-order valence-corrected chi connectivity index (χ1v) is 7.15. The number of esters is 1. The maximum Gasteiger partial charge on any atom is 0.331 e. The minimum atomic E-state index is -0.510. The standard InChI is InChI=1S/C19H18O3/c1-14(2)22-19(21)13-12-18(20)17-10-8-16(9-11-17)15-6-4-3-5-7-15/h3-14H,1-2H3/b13-12+. The predicted molar refractivity (Wildman–Crippen MR) is 86.6 cm³/mol. The molecule has 0 heterocycles. The Morgan fingerprint density at radius 1 is 0.864 bits per heavy atom. The second kappa shape index (κ2) is 7.36. The van der Waals surface area contributed by atoms with Gasteiger partial charge in [-0.15, -0.1) is 0 Å². The number of hydrogen-bond acceptors (Lipinski definition) is 3. The number of ketones is 1. The van der Waals surface area contributed by atoms with E-state index in [1.54, 1.807) is 26.0 Å².